The van der Waals surface area contributed by atoms with Crippen molar-refractivity contribution in [3.63, 3.8) is 0 Å². The first-order valence-electron chi connectivity index (χ1n) is 5.11. The maximum atomic E-state index is 11.6. The highest BCUT2D eigenvalue weighted by atomic mass is 16.5. The largest absolute Gasteiger partial charge is 0.496 e. The molecular formula is C12H15NO4. The first kappa shape index (κ1) is 13.0. The topological polar surface area (TPSA) is 75.6 Å². The van der Waals surface area contributed by atoms with Crippen molar-refractivity contribution < 1.29 is 19.4 Å². The Hall–Kier alpha value is -2.04. The van der Waals surface area contributed by atoms with Crippen LogP contribution >= 0.6 is 0 Å². The van der Waals surface area contributed by atoms with E-state index in [-0.39, 0.29) is 6.54 Å². The van der Waals surface area contributed by atoms with Crippen molar-refractivity contribution in [3.8, 4) is 5.75 Å². The predicted molar refractivity (Wildman–Crippen MR) is 62.4 cm³/mol. The van der Waals surface area contributed by atoms with Gasteiger partial charge in [-0.3, -0.25) is 9.59 Å². The number of benzene rings is 1. The van der Waals surface area contributed by atoms with E-state index in [1.54, 1.807) is 19.2 Å². The molecule has 17 heavy (non-hydrogen) atoms. The molecule has 0 radical (unpaired) electrons. The molecule has 0 heterocycles. The fourth-order valence-electron chi connectivity index (χ4n) is 1.66. The molecule has 0 fully saturated rings. The standard InChI is InChI=1S/C12H15NO4/c1-7-4-9(5-8(2)11(7)17-3)12(16)13-6-10(14)15/h4-5H,6H2,1-3H3,(H,13,16)(H,14,15). The van der Waals surface area contributed by atoms with Gasteiger partial charge in [0, 0.05) is 5.56 Å². The zero-order valence-electron chi connectivity index (χ0n) is 10.0. The number of ether oxygens (including phenoxy) is 1. The van der Waals surface area contributed by atoms with Gasteiger partial charge in [0.05, 0.1) is 7.11 Å². The van der Waals surface area contributed by atoms with Gasteiger partial charge in [-0.1, -0.05) is 0 Å². The molecule has 0 saturated carbocycles. The van der Waals surface area contributed by atoms with Crippen LogP contribution in [0.5, 0.6) is 5.75 Å². The molecule has 92 valence electrons. The van der Waals surface area contributed by atoms with E-state index >= 15 is 0 Å². The van der Waals surface area contributed by atoms with Gasteiger partial charge < -0.3 is 15.2 Å². The van der Waals surface area contributed by atoms with E-state index in [9.17, 15) is 9.59 Å². The lowest BCUT2D eigenvalue weighted by Gasteiger charge is -2.10. The number of aliphatic carboxylic acids is 1. The van der Waals surface area contributed by atoms with Crippen LogP contribution < -0.4 is 10.1 Å². The molecule has 0 spiro atoms. The van der Waals surface area contributed by atoms with Crippen molar-refractivity contribution in [2.75, 3.05) is 13.7 Å². The van der Waals surface area contributed by atoms with Gasteiger partial charge in [0.1, 0.15) is 12.3 Å². The minimum atomic E-state index is -1.07. The minimum absolute atomic E-state index is 0.386. The second-order valence-electron chi connectivity index (χ2n) is 3.72. The summed E-state index contributed by atoms with van der Waals surface area (Å²) in [6.07, 6.45) is 0. The second-order valence-corrected chi connectivity index (χ2v) is 3.72. The Kier molecular flexibility index (Phi) is 4.09. The van der Waals surface area contributed by atoms with Crippen LogP contribution in [-0.2, 0) is 4.79 Å². The molecule has 1 rings (SSSR count). The summed E-state index contributed by atoms with van der Waals surface area (Å²) >= 11 is 0. The highest BCUT2D eigenvalue weighted by molar-refractivity contribution is 5.96. The Balaban J connectivity index is 2.92. The maximum Gasteiger partial charge on any atom is 0.322 e. The van der Waals surface area contributed by atoms with Crippen LogP contribution in [0.25, 0.3) is 0 Å². The van der Waals surface area contributed by atoms with E-state index in [0.717, 1.165) is 16.9 Å². The molecule has 0 bridgehead atoms. The molecular weight excluding hydrogens is 222 g/mol. The van der Waals surface area contributed by atoms with Crippen molar-refractivity contribution >= 4 is 11.9 Å². The summed E-state index contributed by atoms with van der Waals surface area (Å²) in [5.41, 5.74) is 2.11. The van der Waals surface area contributed by atoms with E-state index < -0.39 is 11.9 Å². The fraction of sp³-hybridized carbons (Fsp3) is 0.333. The average Bonchev–Trinajstić information content (AvgIpc) is 2.25. The smallest absolute Gasteiger partial charge is 0.322 e. The molecule has 1 aromatic carbocycles. The van der Waals surface area contributed by atoms with Crippen LogP contribution in [-0.4, -0.2) is 30.6 Å². The third-order valence-electron chi connectivity index (χ3n) is 2.33. The molecule has 0 aromatic heterocycles. The Morgan fingerprint density at radius 2 is 1.82 bits per heavy atom. The third-order valence-corrected chi connectivity index (χ3v) is 2.33. The van der Waals surface area contributed by atoms with E-state index in [2.05, 4.69) is 5.32 Å². The van der Waals surface area contributed by atoms with Crippen molar-refractivity contribution in [2.45, 2.75) is 13.8 Å². The molecule has 5 heteroatoms. The lowest BCUT2D eigenvalue weighted by atomic mass is 10.1. The summed E-state index contributed by atoms with van der Waals surface area (Å²) in [4.78, 5) is 22.0. The summed E-state index contributed by atoms with van der Waals surface area (Å²) in [7, 11) is 1.57. The molecule has 0 saturated heterocycles. The highest BCUT2D eigenvalue weighted by Crippen LogP contribution is 2.24. The van der Waals surface area contributed by atoms with Crippen molar-refractivity contribution in [1.29, 1.82) is 0 Å². The molecule has 1 amide bonds. The van der Waals surface area contributed by atoms with Crippen molar-refractivity contribution in [3.05, 3.63) is 28.8 Å². The van der Waals surface area contributed by atoms with Crippen LogP contribution in [0.1, 0.15) is 21.5 Å². The number of methoxy groups -OCH3 is 1. The SMILES string of the molecule is COc1c(C)cc(C(=O)NCC(=O)O)cc1C. The van der Waals surface area contributed by atoms with Gasteiger partial charge in [-0.15, -0.1) is 0 Å². The normalized spacial score (nSPS) is 9.82. The lowest BCUT2D eigenvalue weighted by Crippen LogP contribution is -2.29. The number of carboxylic acids is 1. The number of hydrogen-bond donors (Lipinski definition) is 2. The number of hydrogen-bond acceptors (Lipinski definition) is 3. The van der Waals surface area contributed by atoms with Gasteiger partial charge in [-0.05, 0) is 37.1 Å². The van der Waals surface area contributed by atoms with Crippen molar-refractivity contribution in [2.24, 2.45) is 0 Å². The van der Waals surface area contributed by atoms with Crippen LogP contribution in [0.2, 0.25) is 0 Å². The molecule has 0 aliphatic heterocycles. The number of carbonyl (C=O) groups is 2. The molecule has 0 aliphatic carbocycles. The van der Waals surface area contributed by atoms with Gasteiger partial charge in [0.2, 0.25) is 0 Å². The number of carbonyl (C=O) groups excluding carboxylic acids is 1. The van der Waals surface area contributed by atoms with Crippen molar-refractivity contribution in [1.82, 2.24) is 5.32 Å². The summed E-state index contributed by atoms with van der Waals surface area (Å²) in [5.74, 6) is -0.735. The molecule has 5 nitrogen and oxygen atoms in total. The lowest BCUT2D eigenvalue weighted by molar-refractivity contribution is -0.135. The van der Waals surface area contributed by atoms with E-state index in [1.165, 1.54) is 0 Å². The molecule has 0 atom stereocenters. The van der Waals surface area contributed by atoms with E-state index in [4.69, 9.17) is 9.84 Å². The molecule has 1 aromatic rings. The van der Waals surface area contributed by atoms with Gasteiger partial charge in [-0.2, -0.15) is 0 Å². The molecule has 2 N–H and O–H groups in total. The number of aryl methyl sites for hydroxylation is 2. The number of rotatable bonds is 4. The first-order valence-corrected chi connectivity index (χ1v) is 5.11. The number of carboxylic acid groups (broad SMARTS) is 1. The van der Waals surface area contributed by atoms with Gasteiger partial charge in [-0.25, -0.2) is 0 Å². The Bertz CT molecular complexity index is 431. The zero-order valence-corrected chi connectivity index (χ0v) is 10.0. The summed E-state index contributed by atoms with van der Waals surface area (Å²) in [6, 6.07) is 3.34. The van der Waals surface area contributed by atoms with E-state index in [1.807, 2.05) is 13.8 Å². The summed E-state index contributed by atoms with van der Waals surface area (Å²) < 4.78 is 5.18. The summed E-state index contributed by atoms with van der Waals surface area (Å²) in [5, 5.41) is 10.8. The number of amides is 1. The highest BCUT2D eigenvalue weighted by Gasteiger charge is 2.11. The van der Waals surface area contributed by atoms with Crippen LogP contribution in [0.4, 0.5) is 0 Å². The molecule has 0 unspecified atom stereocenters. The number of nitrogens with one attached hydrogen (secondary N) is 1. The Labute approximate surface area is 99.4 Å². The second kappa shape index (κ2) is 5.34. The third kappa shape index (κ3) is 3.21. The van der Waals surface area contributed by atoms with E-state index in [0.29, 0.717) is 5.56 Å². The van der Waals surface area contributed by atoms with Crippen LogP contribution in [0.15, 0.2) is 12.1 Å². The first-order chi connectivity index (χ1) is 7.95. The predicted octanol–water partition coefficient (Wildman–Crippen LogP) is 1.13. The van der Waals surface area contributed by atoms with Gasteiger partial charge >= 0.3 is 5.97 Å². The molecule has 0 aliphatic rings. The van der Waals surface area contributed by atoms with Crippen LogP contribution in [0.3, 0.4) is 0 Å². The van der Waals surface area contributed by atoms with Crippen LogP contribution in [0, 0.1) is 13.8 Å². The van der Waals surface area contributed by atoms with Gasteiger partial charge in [0.25, 0.3) is 5.91 Å². The minimum Gasteiger partial charge on any atom is -0.496 e. The summed E-state index contributed by atoms with van der Waals surface area (Å²) in [6.45, 7) is 3.28. The Morgan fingerprint density at radius 1 is 1.29 bits per heavy atom. The Morgan fingerprint density at radius 3 is 2.24 bits per heavy atom. The fourth-order valence-corrected chi connectivity index (χ4v) is 1.66. The zero-order chi connectivity index (χ0) is 13.0. The van der Waals surface area contributed by atoms with Gasteiger partial charge in [0.15, 0.2) is 0 Å². The maximum absolute atomic E-state index is 11.6. The quantitative estimate of drug-likeness (QED) is 0.823. The average molecular weight is 237 g/mol. The monoisotopic (exact) mass is 237 g/mol.